The van der Waals surface area contributed by atoms with Crippen molar-refractivity contribution in [3.05, 3.63) is 35.4 Å². The smallest absolute Gasteiger partial charge is 0.548 e. The van der Waals surface area contributed by atoms with E-state index in [-0.39, 0.29) is 41.5 Å². The van der Waals surface area contributed by atoms with Gasteiger partial charge < -0.3 is 15.2 Å². The first-order valence-electron chi connectivity index (χ1n) is 10.7. The van der Waals surface area contributed by atoms with Crippen LogP contribution in [-0.2, 0) is 16.0 Å². The molecule has 0 aliphatic carbocycles. The van der Waals surface area contributed by atoms with Gasteiger partial charge in [-0.1, -0.05) is 51.5 Å². The molecule has 0 spiro atoms. The van der Waals surface area contributed by atoms with Gasteiger partial charge in [0.2, 0.25) is 5.91 Å². The van der Waals surface area contributed by atoms with Crippen molar-refractivity contribution in [3.8, 4) is 0 Å². The number of hydrogen-bond donors (Lipinski definition) is 1. The summed E-state index contributed by atoms with van der Waals surface area (Å²) in [5.74, 6) is -1.29. The average molecular weight is 411 g/mol. The van der Waals surface area contributed by atoms with Gasteiger partial charge in [-0.2, -0.15) is 0 Å². The van der Waals surface area contributed by atoms with Gasteiger partial charge in [-0.3, -0.25) is 9.69 Å². The average Bonchev–Trinajstić information content (AvgIpc) is 2.68. The fourth-order valence-corrected chi connectivity index (χ4v) is 4.11. The summed E-state index contributed by atoms with van der Waals surface area (Å²) in [4.78, 5) is 26.8. The summed E-state index contributed by atoms with van der Waals surface area (Å²) in [5, 5.41) is 14.6. The molecule has 1 N–H and O–H groups in total. The molecule has 6 heteroatoms. The second-order valence-corrected chi connectivity index (χ2v) is 8.44. The second kappa shape index (κ2) is 12.7. The molecule has 29 heavy (non-hydrogen) atoms. The molecule has 156 valence electrons. The van der Waals surface area contributed by atoms with Gasteiger partial charge in [0.05, 0.1) is 17.9 Å². The number of rotatable bonds is 9. The van der Waals surface area contributed by atoms with Crippen LogP contribution >= 0.6 is 0 Å². The molecule has 1 heterocycles. The Morgan fingerprint density at radius 2 is 1.66 bits per heavy atom. The van der Waals surface area contributed by atoms with E-state index in [0.29, 0.717) is 12.3 Å². The molecule has 0 bridgehead atoms. The van der Waals surface area contributed by atoms with Gasteiger partial charge in [-0.25, -0.2) is 0 Å². The quantitative estimate of drug-likeness (QED) is 0.557. The number of carbonyl (C=O) groups is 2. The SMILES string of the molecule is CC[C@H]([C@H](NC(=O)C(C)c1ccc(CC(C)C)cc1)C(=O)[O-])N1CCCCC1.[Na+]. The van der Waals surface area contributed by atoms with Crippen LogP contribution in [0, 0.1) is 5.92 Å². The molecule has 1 aromatic carbocycles. The Balaban J connectivity index is 0.00000420. The van der Waals surface area contributed by atoms with Gasteiger partial charge in [-0.15, -0.1) is 0 Å². The maximum absolute atomic E-state index is 12.8. The van der Waals surface area contributed by atoms with Crippen LogP contribution in [0.3, 0.4) is 0 Å². The minimum Gasteiger partial charge on any atom is -0.548 e. The third-order valence-corrected chi connectivity index (χ3v) is 5.73. The summed E-state index contributed by atoms with van der Waals surface area (Å²) >= 11 is 0. The van der Waals surface area contributed by atoms with E-state index >= 15 is 0 Å². The first-order valence-corrected chi connectivity index (χ1v) is 10.7. The minimum atomic E-state index is -1.20. The van der Waals surface area contributed by atoms with Crippen molar-refractivity contribution in [1.29, 1.82) is 0 Å². The summed E-state index contributed by atoms with van der Waals surface area (Å²) in [6.45, 7) is 9.91. The molecule has 1 aliphatic heterocycles. The molecular formula is C23H35N2NaO3. The van der Waals surface area contributed by atoms with Crippen molar-refractivity contribution in [3.63, 3.8) is 0 Å². The molecule has 1 saturated heterocycles. The topological polar surface area (TPSA) is 72.5 Å². The van der Waals surface area contributed by atoms with Gasteiger partial charge in [-0.05, 0) is 62.7 Å². The van der Waals surface area contributed by atoms with Crippen LogP contribution in [0.15, 0.2) is 24.3 Å². The Hall–Kier alpha value is -0.880. The van der Waals surface area contributed by atoms with E-state index in [1.807, 2.05) is 26.0 Å². The van der Waals surface area contributed by atoms with Gasteiger partial charge in [0, 0.05) is 6.04 Å². The molecule has 2 rings (SSSR count). The summed E-state index contributed by atoms with van der Waals surface area (Å²) in [7, 11) is 0. The number of aliphatic carboxylic acids is 1. The zero-order valence-corrected chi connectivity index (χ0v) is 20.7. The van der Waals surface area contributed by atoms with E-state index in [1.165, 1.54) is 12.0 Å². The van der Waals surface area contributed by atoms with E-state index in [4.69, 9.17) is 0 Å². The first-order chi connectivity index (χ1) is 13.3. The van der Waals surface area contributed by atoms with Crippen LogP contribution in [0.2, 0.25) is 0 Å². The number of amides is 1. The van der Waals surface area contributed by atoms with E-state index in [9.17, 15) is 14.7 Å². The molecule has 5 nitrogen and oxygen atoms in total. The van der Waals surface area contributed by atoms with Crippen LogP contribution in [-0.4, -0.2) is 41.9 Å². The fourth-order valence-electron chi connectivity index (χ4n) is 4.11. The predicted molar refractivity (Wildman–Crippen MR) is 110 cm³/mol. The second-order valence-electron chi connectivity index (χ2n) is 8.44. The minimum absolute atomic E-state index is 0. The van der Waals surface area contributed by atoms with Crippen LogP contribution < -0.4 is 40.0 Å². The van der Waals surface area contributed by atoms with Crippen molar-refractivity contribution >= 4 is 11.9 Å². The number of carbonyl (C=O) groups excluding carboxylic acids is 2. The number of benzene rings is 1. The molecule has 0 saturated carbocycles. The van der Waals surface area contributed by atoms with E-state index in [2.05, 4.69) is 36.2 Å². The van der Waals surface area contributed by atoms with E-state index < -0.39 is 17.9 Å². The zero-order valence-electron chi connectivity index (χ0n) is 18.7. The van der Waals surface area contributed by atoms with Crippen LogP contribution in [0.25, 0.3) is 0 Å². The largest absolute Gasteiger partial charge is 1.00 e. The fraction of sp³-hybridized carbons (Fsp3) is 0.652. The maximum Gasteiger partial charge on any atom is 1.00 e. The molecule has 1 amide bonds. The normalized spacial score (nSPS) is 17.8. The van der Waals surface area contributed by atoms with Crippen molar-refractivity contribution < 1.29 is 44.3 Å². The van der Waals surface area contributed by atoms with Crippen LogP contribution in [0.4, 0.5) is 0 Å². The van der Waals surface area contributed by atoms with Crippen molar-refractivity contribution in [1.82, 2.24) is 10.2 Å². The molecule has 1 aromatic rings. The van der Waals surface area contributed by atoms with Crippen molar-refractivity contribution in [2.24, 2.45) is 5.92 Å². The number of hydrogen-bond acceptors (Lipinski definition) is 4. The van der Waals surface area contributed by atoms with Crippen molar-refractivity contribution in [2.75, 3.05) is 13.1 Å². The molecular weight excluding hydrogens is 375 g/mol. The molecule has 1 aliphatic rings. The van der Waals surface area contributed by atoms with Gasteiger partial charge in [0.1, 0.15) is 0 Å². The predicted octanol–water partition coefficient (Wildman–Crippen LogP) is -0.508. The summed E-state index contributed by atoms with van der Waals surface area (Å²) < 4.78 is 0. The van der Waals surface area contributed by atoms with Crippen molar-refractivity contribution in [2.45, 2.75) is 77.8 Å². The Kier molecular flexibility index (Phi) is 11.5. The summed E-state index contributed by atoms with van der Waals surface area (Å²) in [5.41, 5.74) is 2.14. The van der Waals surface area contributed by atoms with Gasteiger partial charge >= 0.3 is 29.6 Å². The Bertz CT molecular complexity index is 642. The van der Waals surface area contributed by atoms with E-state index in [1.54, 1.807) is 0 Å². The molecule has 0 aromatic heterocycles. The van der Waals surface area contributed by atoms with Crippen LogP contribution in [0.1, 0.15) is 70.4 Å². The monoisotopic (exact) mass is 410 g/mol. The summed E-state index contributed by atoms with van der Waals surface area (Å²) in [6.07, 6.45) is 4.99. The van der Waals surface area contributed by atoms with Gasteiger partial charge in [0.15, 0.2) is 0 Å². The standard InChI is InChI=1S/C23H36N2O3.Na/c1-5-20(25-13-7-6-8-14-25)21(23(27)28)24-22(26)17(4)19-11-9-18(10-12-19)15-16(2)3;/h9-12,16-17,20-21H,5-8,13-15H2,1-4H3,(H,24,26)(H,27,28);/q;+1/p-1/t17?,20-,21+;/m1./s1. The molecule has 3 atom stereocenters. The molecule has 1 unspecified atom stereocenters. The summed E-state index contributed by atoms with van der Waals surface area (Å²) in [6, 6.07) is 6.83. The van der Waals surface area contributed by atoms with Gasteiger partial charge in [0.25, 0.3) is 0 Å². The number of piperidine rings is 1. The Morgan fingerprint density at radius 3 is 2.14 bits per heavy atom. The first kappa shape index (κ1) is 26.2. The van der Waals surface area contributed by atoms with Crippen LogP contribution in [0.5, 0.6) is 0 Å². The number of nitrogens with one attached hydrogen (secondary N) is 1. The zero-order chi connectivity index (χ0) is 20.7. The molecule has 0 radical (unpaired) electrons. The number of likely N-dealkylation sites (tertiary alicyclic amines) is 1. The number of carboxylic acid groups (broad SMARTS) is 1. The number of carboxylic acids is 1. The maximum atomic E-state index is 12.8. The number of nitrogens with zero attached hydrogens (tertiary/aromatic N) is 1. The van der Waals surface area contributed by atoms with E-state index in [0.717, 1.165) is 37.9 Å². The Labute approximate surface area is 197 Å². The third-order valence-electron chi connectivity index (χ3n) is 5.73. The molecule has 1 fully saturated rings. The Morgan fingerprint density at radius 1 is 1.07 bits per heavy atom. The third kappa shape index (κ3) is 7.71.